The summed E-state index contributed by atoms with van der Waals surface area (Å²) in [5.41, 5.74) is 4.30. The minimum Gasteiger partial charge on any atom is -0.306 e. The average Bonchev–Trinajstić information content (AvgIpc) is 2.42. The van der Waals surface area contributed by atoms with Crippen molar-refractivity contribution in [3.8, 4) is 0 Å². The van der Waals surface area contributed by atoms with E-state index in [1.165, 1.54) is 23.3 Å². The second-order valence-corrected chi connectivity index (χ2v) is 5.88. The first-order valence-electron chi connectivity index (χ1n) is 7.27. The van der Waals surface area contributed by atoms with Crippen molar-refractivity contribution < 1.29 is 4.39 Å². The number of halogens is 2. The number of benzene rings is 2. The van der Waals surface area contributed by atoms with Crippen molar-refractivity contribution in [2.24, 2.45) is 0 Å². The molecule has 0 aliphatic heterocycles. The fourth-order valence-corrected chi connectivity index (χ4v) is 2.84. The minimum absolute atomic E-state index is 0.0910. The highest BCUT2D eigenvalue weighted by molar-refractivity contribution is 6.31. The van der Waals surface area contributed by atoms with Crippen LogP contribution in [0.4, 0.5) is 4.39 Å². The van der Waals surface area contributed by atoms with E-state index in [4.69, 9.17) is 11.6 Å². The van der Waals surface area contributed by atoms with Gasteiger partial charge in [-0.1, -0.05) is 47.9 Å². The summed E-state index contributed by atoms with van der Waals surface area (Å²) < 4.78 is 13.6. The van der Waals surface area contributed by atoms with Gasteiger partial charge in [-0.25, -0.2) is 4.39 Å². The van der Waals surface area contributed by atoms with Crippen LogP contribution in [-0.4, -0.2) is 6.54 Å². The summed E-state index contributed by atoms with van der Waals surface area (Å²) >= 11 is 6.29. The van der Waals surface area contributed by atoms with Crippen LogP contribution in [0.1, 0.15) is 41.6 Å². The lowest BCUT2D eigenvalue weighted by Gasteiger charge is -2.22. The van der Waals surface area contributed by atoms with Crippen LogP contribution in [0, 0.1) is 19.7 Å². The van der Waals surface area contributed by atoms with Gasteiger partial charge >= 0.3 is 0 Å². The molecule has 0 fully saturated rings. The van der Waals surface area contributed by atoms with Crippen LogP contribution in [-0.2, 0) is 0 Å². The maximum Gasteiger partial charge on any atom is 0.123 e. The van der Waals surface area contributed by atoms with Crippen molar-refractivity contribution in [3.63, 3.8) is 0 Å². The molecular formula is C18H21ClFN. The van der Waals surface area contributed by atoms with Gasteiger partial charge in [0.05, 0.1) is 6.04 Å². The molecule has 0 radical (unpaired) electrons. The highest BCUT2D eigenvalue weighted by Crippen LogP contribution is 2.30. The van der Waals surface area contributed by atoms with Gasteiger partial charge in [0.15, 0.2) is 0 Å². The fourth-order valence-electron chi connectivity index (χ4n) is 2.61. The number of hydrogen-bond donors (Lipinski definition) is 1. The molecule has 0 saturated heterocycles. The van der Waals surface area contributed by atoms with E-state index in [9.17, 15) is 4.39 Å². The van der Waals surface area contributed by atoms with Crippen LogP contribution >= 0.6 is 11.6 Å². The van der Waals surface area contributed by atoms with E-state index in [2.05, 4.69) is 44.3 Å². The normalized spacial score (nSPS) is 12.4. The molecule has 2 aromatic rings. The van der Waals surface area contributed by atoms with Crippen LogP contribution in [0.25, 0.3) is 0 Å². The monoisotopic (exact) mass is 305 g/mol. The standard InChI is InChI=1S/C18H21ClFN/c1-4-7-21-18(14-9-12(2)8-13(3)10-14)16-11-15(20)5-6-17(16)19/h5-6,8-11,18,21H,4,7H2,1-3H3. The lowest BCUT2D eigenvalue weighted by Crippen LogP contribution is -2.23. The zero-order chi connectivity index (χ0) is 15.4. The lowest BCUT2D eigenvalue weighted by atomic mass is 9.95. The average molecular weight is 306 g/mol. The summed E-state index contributed by atoms with van der Waals surface area (Å²) in [5.74, 6) is -0.262. The molecule has 0 amide bonds. The minimum atomic E-state index is -0.262. The fraction of sp³-hybridized carbons (Fsp3) is 0.333. The van der Waals surface area contributed by atoms with Gasteiger partial charge in [-0.15, -0.1) is 0 Å². The Labute approximate surface area is 131 Å². The van der Waals surface area contributed by atoms with Crippen LogP contribution in [0.5, 0.6) is 0 Å². The molecule has 3 heteroatoms. The van der Waals surface area contributed by atoms with Crippen molar-refractivity contribution in [3.05, 3.63) is 69.5 Å². The Bertz CT molecular complexity index is 604. The van der Waals surface area contributed by atoms with Crippen LogP contribution < -0.4 is 5.32 Å². The second-order valence-electron chi connectivity index (χ2n) is 5.47. The highest BCUT2D eigenvalue weighted by atomic mass is 35.5. The summed E-state index contributed by atoms with van der Waals surface area (Å²) in [6.45, 7) is 7.10. The third kappa shape index (κ3) is 4.05. The SMILES string of the molecule is CCCNC(c1cc(C)cc(C)c1)c1cc(F)ccc1Cl. The first-order valence-corrected chi connectivity index (χ1v) is 7.65. The first-order chi connectivity index (χ1) is 10.0. The predicted molar refractivity (Wildman–Crippen MR) is 87.5 cm³/mol. The molecule has 21 heavy (non-hydrogen) atoms. The molecule has 112 valence electrons. The first kappa shape index (κ1) is 16.0. The van der Waals surface area contributed by atoms with E-state index in [0.717, 1.165) is 24.1 Å². The molecule has 0 aliphatic carbocycles. The molecule has 0 bridgehead atoms. The molecule has 2 aromatic carbocycles. The molecule has 1 unspecified atom stereocenters. The van der Waals surface area contributed by atoms with Crippen molar-refractivity contribution >= 4 is 11.6 Å². The van der Waals surface area contributed by atoms with Crippen molar-refractivity contribution in [1.29, 1.82) is 0 Å². The van der Waals surface area contributed by atoms with Gasteiger partial charge in [0, 0.05) is 5.02 Å². The van der Waals surface area contributed by atoms with Crippen LogP contribution in [0.3, 0.4) is 0 Å². The number of hydrogen-bond acceptors (Lipinski definition) is 1. The Morgan fingerprint density at radius 3 is 2.38 bits per heavy atom. The van der Waals surface area contributed by atoms with Gasteiger partial charge in [-0.05, 0) is 56.1 Å². The molecule has 1 nitrogen and oxygen atoms in total. The molecule has 0 heterocycles. The molecule has 2 rings (SSSR count). The predicted octanol–water partition coefficient (Wildman–Crippen LogP) is 5.18. The Morgan fingerprint density at radius 1 is 1.10 bits per heavy atom. The zero-order valence-corrected chi connectivity index (χ0v) is 13.5. The molecule has 0 saturated carbocycles. The van der Waals surface area contributed by atoms with Gasteiger partial charge < -0.3 is 5.32 Å². The smallest absolute Gasteiger partial charge is 0.123 e. The Balaban J connectivity index is 2.49. The third-order valence-electron chi connectivity index (χ3n) is 3.44. The number of aryl methyl sites for hydroxylation is 2. The van der Waals surface area contributed by atoms with Gasteiger partial charge in [-0.3, -0.25) is 0 Å². The molecular weight excluding hydrogens is 285 g/mol. The summed E-state index contributed by atoms with van der Waals surface area (Å²) in [6, 6.07) is 10.8. The maximum absolute atomic E-state index is 13.6. The Morgan fingerprint density at radius 2 is 1.76 bits per heavy atom. The van der Waals surface area contributed by atoms with Gasteiger partial charge in [0.2, 0.25) is 0 Å². The summed E-state index contributed by atoms with van der Waals surface area (Å²) in [6.07, 6.45) is 1.01. The maximum atomic E-state index is 13.6. The molecule has 0 aromatic heterocycles. The van der Waals surface area contributed by atoms with Crippen LogP contribution in [0.2, 0.25) is 5.02 Å². The van der Waals surface area contributed by atoms with Gasteiger partial charge in [0.25, 0.3) is 0 Å². The van der Waals surface area contributed by atoms with Crippen molar-refractivity contribution in [2.75, 3.05) is 6.54 Å². The lowest BCUT2D eigenvalue weighted by molar-refractivity contribution is 0.585. The van der Waals surface area contributed by atoms with Crippen molar-refractivity contribution in [1.82, 2.24) is 5.32 Å². The van der Waals surface area contributed by atoms with E-state index in [0.29, 0.717) is 5.02 Å². The molecule has 1 N–H and O–H groups in total. The summed E-state index contributed by atoms with van der Waals surface area (Å²) in [5, 5.41) is 4.06. The summed E-state index contributed by atoms with van der Waals surface area (Å²) in [7, 11) is 0. The molecule has 0 spiro atoms. The topological polar surface area (TPSA) is 12.0 Å². The van der Waals surface area contributed by atoms with E-state index >= 15 is 0 Å². The Hall–Kier alpha value is -1.38. The number of rotatable bonds is 5. The van der Waals surface area contributed by atoms with E-state index in [1.54, 1.807) is 6.07 Å². The number of nitrogens with one attached hydrogen (secondary N) is 1. The molecule has 1 atom stereocenters. The third-order valence-corrected chi connectivity index (χ3v) is 3.79. The molecule has 0 aliphatic rings. The summed E-state index contributed by atoms with van der Waals surface area (Å²) in [4.78, 5) is 0. The van der Waals surface area contributed by atoms with Crippen molar-refractivity contribution in [2.45, 2.75) is 33.2 Å². The van der Waals surface area contributed by atoms with Crippen LogP contribution in [0.15, 0.2) is 36.4 Å². The van der Waals surface area contributed by atoms with Gasteiger partial charge in [-0.2, -0.15) is 0 Å². The highest BCUT2D eigenvalue weighted by Gasteiger charge is 2.17. The van der Waals surface area contributed by atoms with Gasteiger partial charge in [0.1, 0.15) is 5.82 Å². The van der Waals surface area contributed by atoms with E-state index in [-0.39, 0.29) is 11.9 Å². The Kier molecular flexibility index (Phi) is 5.38. The van der Waals surface area contributed by atoms with E-state index in [1.807, 2.05) is 0 Å². The zero-order valence-electron chi connectivity index (χ0n) is 12.7. The quantitative estimate of drug-likeness (QED) is 0.802. The largest absolute Gasteiger partial charge is 0.306 e. The second kappa shape index (κ2) is 7.06. The van der Waals surface area contributed by atoms with E-state index < -0.39 is 0 Å².